The molecule has 0 aliphatic heterocycles. The molecule has 2 aromatic heterocycles. The number of nitrogens with zero attached hydrogens (tertiary/aromatic N) is 2. The molecule has 0 fully saturated rings. The minimum absolute atomic E-state index is 0.168. The van der Waals surface area contributed by atoms with E-state index in [0.717, 1.165) is 21.1 Å². The maximum absolute atomic E-state index is 11.6. The van der Waals surface area contributed by atoms with Crippen molar-refractivity contribution < 1.29 is 0 Å². The lowest BCUT2D eigenvalue weighted by Gasteiger charge is -2.09. The Bertz CT molecular complexity index is 849. The molecule has 2 heterocycles. The van der Waals surface area contributed by atoms with Gasteiger partial charge >= 0.3 is 0 Å². The SMILES string of the molecule is O=c1[nH]cnc(Nc2cccc3cc(Br)cnc23)c1I. The van der Waals surface area contributed by atoms with Crippen molar-refractivity contribution in [1.29, 1.82) is 0 Å². The van der Waals surface area contributed by atoms with Crippen LogP contribution >= 0.6 is 38.5 Å². The van der Waals surface area contributed by atoms with E-state index in [4.69, 9.17) is 0 Å². The minimum atomic E-state index is -0.168. The smallest absolute Gasteiger partial charge is 0.266 e. The normalized spacial score (nSPS) is 10.7. The van der Waals surface area contributed by atoms with E-state index in [1.165, 1.54) is 6.33 Å². The minimum Gasteiger partial charge on any atom is -0.337 e. The summed E-state index contributed by atoms with van der Waals surface area (Å²) in [7, 11) is 0. The Kier molecular flexibility index (Phi) is 3.70. The number of halogens is 2. The van der Waals surface area contributed by atoms with Crippen LogP contribution in [0, 0.1) is 3.57 Å². The zero-order valence-corrected chi connectivity index (χ0v) is 13.8. The first-order valence-electron chi connectivity index (χ1n) is 5.69. The zero-order valence-electron chi connectivity index (χ0n) is 10.0. The van der Waals surface area contributed by atoms with E-state index >= 15 is 0 Å². The van der Waals surface area contributed by atoms with E-state index in [2.05, 4.69) is 36.2 Å². The summed E-state index contributed by atoms with van der Waals surface area (Å²) in [6.45, 7) is 0. The fourth-order valence-electron chi connectivity index (χ4n) is 1.83. The summed E-state index contributed by atoms with van der Waals surface area (Å²) in [5.74, 6) is 0.520. The second-order valence-corrected chi connectivity index (χ2v) is 6.04. The Hall–Kier alpha value is -1.48. The Labute approximate surface area is 136 Å². The van der Waals surface area contributed by atoms with Gasteiger partial charge in [0.15, 0.2) is 5.82 Å². The largest absolute Gasteiger partial charge is 0.337 e. The highest BCUT2D eigenvalue weighted by Gasteiger charge is 2.08. The van der Waals surface area contributed by atoms with Crippen LogP contribution in [0.5, 0.6) is 0 Å². The van der Waals surface area contributed by atoms with Crippen LogP contribution in [0.1, 0.15) is 0 Å². The van der Waals surface area contributed by atoms with Gasteiger partial charge in [-0.3, -0.25) is 9.78 Å². The maximum Gasteiger partial charge on any atom is 0.266 e. The second-order valence-electron chi connectivity index (χ2n) is 4.05. The number of hydrogen-bond acceptors (Lipinski definition) is 4. The van der Waals surface area contributed by atoms with Gasteiger partial charge in [0.05, 0.1) is 17.5 Å². The number of H-pyrrole nitrogens is 1. The van der Waals surface area contributed by atoms with Crippen molar-refractivity contribution in [2.45, 2.75) is 0 Å². The number of aromatic nitrogens is 3. The Morgan fingerprint density at radius 3 is 3.00 bits per heavy atom. The van der Waals surface area contributed by atoms with Crippen LogP contribution in [0.2, 0.25) is 0 Å². The number of pyridine rings is 1. The molecule has 3 rings (SSSR count). The molecule has 0 bridgehead atoms. The number of anilines is 2. The molecule has 0 aliphatic rings. The monoisotopic (exact) mass is 442 g/mol. The molecule has 0 atom stereocenters. The third kappa shape index (κ3) is 2.55. The number of nitrogens with one attached hydrogen (secondary N) is 2. The maximum atomic E-state index is 11.6. The van der Waals surface area contributed by atoms with Gasteiger partial charge in [-0.05, 0) is 50.7 Å². The standard InChI is InChI=1S/C13H8BrIN4O/c14-8-4-7-2-1-3-9(11(7)16-5-8)19-12-10(15)13(20)18-6-17-12/h1-6H,(H2,17,18,19,20). The van der Waals surface area contributed by atoms with Crippen LogP contribution in [0.3, 0.4) is 0 Å². The second kappa shape index (κ2) is 5.49. The number of hydrogen-bond donors (Lipinski definition) is 2. The first kappa shape index (κ1) is 13.5. The Morgan fingerprint density at radius 2 is 2.15 bits per heavy atom. The van der Waals surface area contributed by atoms with Gasteiger partial charge < -0.3 is 10.3 Å². The summed E-state index contributed by atoms with van der Waals surface area (Å²) in [5.41, 5.74) is 1.47. The van der Waals surface area contributed by atoms with Gasteiger partial charge in [-0.2, -0.15) is 0 Å². The van der Waals surface area contributed by atoms with Gasteiger partial charge in [-0.15, -0.1) is 0 Å². The fourth-order valence-corrected chi connectivity index (χ4v) is 2.61. The van der Waals surface area contributed by atoms with Gasteiger partial charge in [-0.25, -0.2) is 4.98 Å². The average Bonchev–Trinajstić information content (AvgIpc) is 2.44. The van der Waals surface area contributed by atoms with E-state index in [0.29, 0.717) is 9.39 Å². The van der Waals surface area contributed by atoms with Crippen LogP contribution in [0.15, 0.2) is 46.1 Å². The molecule has 100 valence electrons. The molecule has 5 nitrogen and oxygen atoms in total. The molecule has 0 aliphatic carbocycles. The van der Waals surface area contributed by atoms with Crippen LogP contribution in [0.4, 0.5) is 11.5 Å². The third-order valence-corrected chi connectivity index (χ3v) is 4.16. The number of para-hydroxylation sites is 1. The molecule has 0 amide bonds. The van der Waals surface area contributed by atoms with Crippen LogP contribution in [-0.2, 0) is 0 Å². The first-order valence-corrected chi connectivity index (χ1v) is 7.57. The van der Waals surface area contributed by atoms with Gasteiger partial charge in [-0.1, -0.05) is 12.1 Å². The molecule has 0 unspecified atom stereocenters. The molecular weight excluding hydrogens is 435 g/mol. The Balaban J connectivity index is 2.11. The van der Waals surface area contributed by atoms with Crippen molar-refractivity contribution in [2.24, 2.45) is 0 Å². The van der Waals surface area contributed by atoms with Crippen molar-refractivity contribution in [3.63, 3.8) is 0 Å². The third-order valence-electron chi connectivity index (χ3n) is 2.73. The highest BCUT2D eigenvalue weighted by molar-refractivity contribution is 14.1. The van der Waals surface area contributed by atoms with Crippen LogP contribution in [0.25, 0.3) is 10.9 Å². The molecule has 0 saturated carbocycles. The Morgan fingerprint density at radius 1 is 1.30 bits per heavy atom. The predicted octanol–water partition coefficient (Wildman–Crippen LogP) is 3.43. The van der Waals surface area contributed by atoms with E-state index < -0.39 is 0 Å². The number of benzene rings is 1. The molecule has 2 N–H and O–H groups in total. The van der Waals surface area contributed by atoms with E-state index in [-0.39, 0.29) is 5.56 Å². The van der Waals surface area contributed by atoms with Crippen molar-refractivity contribution in [3.05, 3.63) is 55.2 Å². The molecule has 0 spiro atoms. The number of aromatic amines is 1. The summed E-state index contributed by atoms with van der Waals surface area (Å²) in [6, 6.07) is 7.80. The summed E-state index contributed by atoms with van der Waals surface area (Å²) in [6.07, 6.45) is 3.12. The lowest BCUT2D eigenvalue weighted by Crippen LogP contribution is -2.13. The lowest BCUT2D eigenvalue weighted by atomic mass is 10.2. The van der Waals surface area contributed by atoms with Crippen LogP contribution in [-0.4, -0.2) is 15.0 Å². The lowest BCUT2D eigenvalue weighted by molar-refractivity contribution is 1.10. The number of rotatable bonds is 2. The topological polar surface area (TPSA) is 70.7 Å². The summed E-state index contributed by atoms with van der Waals surface area (Å²) >= 11 is 5.37. The van der Waals surface area contributed by atoms with Gasteiger partial charge in [0.2, 0.25) is 0 Å². The molecule has 1 aromatic carbocycles. The summed E-state index contributed by atoms with van der Waals surface area (Å²) in [4.78, 5) is 22.7. The first-order chi connectivity index (χ1) is 9.65. The summed E-state index contributed by atoms with van der Waals surface area (Å²) in [5, 5.41) is 4.16. The average molecular weight is 443 g/mol. The van der Waals surface area contributed by atoms with Gasteiger partial charge in [0.1, 0.15) is 3.57 Å². The fraction of sp³-hybridized carbons (Fsp3) is 0. The van der Waals surface area contributed by atoms with Crippen LogP contribution < -0.4 is 10.9 Å². The van der Waals surface area contributed by atoms with Crippen molar-refractivity contribution in [1.82, 2.24) is 15.0 Å². The van der Waals surface area contributed by atoms with E-state index in [1.807, 2.05) is 46.9 Å². The zero-order chi connectivity index (χ0) is 14.1. The summed E-state index contributed by atoms with van der Waals surface area (Å²) < 4.78 is 1.44. The molecule has 20 heavy (non-hydrogen) atoms. The van der Waals surface area contributed by atoms with Crippen molar-refractivity contribution in [3.8, 4) is 0 Å². The van der Waals surface area contributed by atoms with Crippen molar-refractivity contribution >= 4 is 60.9 Å². The molecule has 0 saturated heterocycles. The van der Waals surface area contributed by atoms with Crippen molar-refractivity contribution in [2.75, 3.05) is 5.32 Å². The van der Waals surface area contributed by atoms with Gasteiger partial charge in [0, 0.05) is 16.1 Å². The van der Waals surface area contributed by atoms with E-state index in [9.17, 15) is 4.79 Å². The molecule has 3 aromatic rings. The van der Waals surface area contributed by atoms with E-state index in [1.54, 1.807) is 6.20 Å². The molecular formula is C13H8BrIN4O. The quantitative estimate of drug-likeness (QED) is 0.596. The highest BCUT2D eigenvalue weighted by Crippen LogP contribution is 2.26. The molecule has 0 radical (unpaired) electrons. The highest BCUT2D eigenvalue weighted by atomic mass is 127. The number of fused-ring (bicyclic) bond motifs is 1. The van der Waals surface area contributed by atoms with Gasteiger partial charge in [0.25, 0.3) is 5.56 Å². The predicted molar refractivity (Wildman–Crippen MR) is 90.3 cm³/mol. The molecule has 7 heteroatoms.